The first-order chi connectivity index (χ1) is 14.6. The molecule has 4 aromatic rings. The summed E-state index contributed by atoms with van der Waals surface area (Å²) in [6, 6.07) is 29.9. The number of quaternary nitrogens is 2. The molecule has 3 saturated heterocycles. The number of piperazine rings is 3. The van der Waals surface area contributed by atoms with Crippen LogP contribution in [0.25, 0.3) is 21.5 Å². The summed E-state index contributed by atoms with van der Waals surface area (Å²) >= 11 is 0. The Hall–Kier alpha value is -2.75. The highest BCUT2D eigenvalue weighted by molar-refractivity contribution is 5.88. The smallest absolute Gasteiger partial charge is 0.207 e. The summed E-state index contributed by atoms with van der Waals surface area (Å²) in [6.07, 6.45) is 0. The van der Waals surface area contributed by atoms with Crippen LogP contribution < -0.4 is 0 Å². The van der Waals surface area contributed by atoms with Crippen molar-refractivity contribution in [2.24, 2.45) is 0 Å². The molecule has 0 amide bonds. The quantitative estimate of drug-likeness (QED) is 0.289. The Morgan fingerprint density at radius 1 is 0.600 bits per heavy atom. The summed E-state index contributed by atoms with van der Waals surface area (Å²) in [5.41, 5.74) is 2.44. The van der Waals surface area contributed by atoms with Crippen molar-refractivity contribution >= 4 is 21.5 Å². The van der Waals surface area contributed by atoms with Crippen molar-refractivity contribution < 1.29 is 13.7 Å². The van der Waals surface area contributed by atoms with Crippen LogP contribution in [0.1, 0.15) is 23.2 Å². The van der Waals surface area contributed by atoms with Crippen molar-refractivity contribution in [3.05, 3.63) is 96.1 Å². The summed E-state index contributed by atoms with van der Waals surface area (Å²) in [5.74, 6) is 0. The molecule has 0 N–H and O–H groups in total. The van der Waals surface area contributed by atoms with Gasteiger partial charge in [0.1, 0.15) is 13.1 Å². The molecule has 0 spiro atoms. The van der Waals surface area contributed by atoms with Gasteiger partial charge < -0.3 is 4.48 Å². The topological polar surface area (TPSA) is 0 Å². The van der Waals surface area contributed by atoms with Gasteiger partial charge in [-0.1, -0.05) is 84.9 Å². The SMILES string of the molecule is C[N+]12CC[N+](F)(CC1)[C@@H](c1cccc3ccccc13)[C@@H]2c1cccc2ccccc12. The first-order valence-corrected chi connectivity index (χ1v) is 11.0. The van der Waals surface area contributed by atoms with Gasteiger partial charge in [-0.25, -0.2) is 0 Å². The number of rotatable bonds is 2. The fourth-order valence-electron chi connectivity index (χ4n) is 6.11. The van der Waals surface area contributed by atoms with E-state index in [1.807, 2.05) is 0 Å². The minimum Gasteiger partial charge on any atom is -0.305 e. The molecule has 2 atom stereocenters. The molecular formula is C27H27FN2+2. The summed E-state index contributed by atoms with van der Waals surface area (Å²) in [4.78, 5) is 0. The molecule has 150 valence electrons. The van der Waals surface area contributed by atoms with Gasteiger partial charge in [-0.2, -0.15) is 0 Å². The van der Waals surface area contributed by atoms with Gasteiger partial charge in [-0.05, 0) is 26.0 Å². The van der Waals surface area contributed by atoms with Gasteiger partial charge >= 0.3 is 0 Å². The van der Waals surface area contributed by atoms with Crippen molar-refractivity contribution in [2.45, 2.75) is 12.1 Å². The van der Waals surface area contributed by atoms with Crippen molar-refractivity contribution in [3.63, 3.8) is 0 Å². The van der Waals surface area contributed by atoms with E-state index in [1.165, 1.54) is 27.1 Å². The zero-order valence-electron chi connectivity index (χ0n) is 17.3. The zero-order valence-corrected chi connectivity index (χ0v) is 17.3. The molecule has 30 heavy (non-hydrogen) atoms. The van der Waals surface area contributed by atoms with E-state index in [0.29, 0.717) is 13.1 Å². The van der Waals surface area contributed by atoms with Crippen LogP contribution in [-0.4, -0.2) is 42.4 Å². The van der Waals surface area contributed by atoms with Gasteiger partial charge in [0.2, 0.25) is 6.04 Å². The summed E-state index contributed by atoms with van der Waals surface area (Å²) in [5, 5.41) is 4.88. The van der Waals surface area contributed by atoms with E-state index >= 15 is 4.48 Å². The standard InChI is InChI=1S/C27H27FN2/c1-29-16-18-30(28,19-17-29)27(25-15-7-11-21-9-3-5-13-23(21)25)26(29)24-14-6-10-20-8-2-4-12-22(20)24/h2-15,26-27H,16-19H2,1H3/q+2/t26-,27-,29?,30?/m0/s1. The van der Waals surface area contributed by atoms with E-state index in [1.54, 1.807) is 0 Å². The monoisotopic (exact) mass is 398 g/mol. The van der Waals surface area contributed by atoms with Crippen LogP contribution in [0.15, 0.2) is 84.9 Å². The van der Waals surface area contributed by atoms with E-state index in [-0.39, 0.29) is 16.8 Å². The minimum absolute atomic E-state index is 0.0920. The molecule has 2 nitrogen and oxygen atoms in total. The Labute approximate surface area is 176 Å². The number of benzene rings is 4. The molecule has 4 aromatic carbocycles. The lowest BCUT2D eigenvalue weighted by Gasteiger charge is -2.57. The highest BCUT2D eigenvalue weighted by Gasteiger charge is 2.63. The number of likely N-dealkylation sites (N-methyl/N-ethyl adjacent to an activating group) is 1. The Morgan fingerprint density at radius 2 is 1.07 bits per heavy atom. The van der Waals surface area contributed by atoms with Crippen LogP contribution in [0.3, 0.4) is 0 Å². The Bertz CT molecular complexity index is 1150. The van der Waals surface area contributed by atoms with Crippen LogP contribution in [0.2, 0.25) is 0 Å². The lowest BCUT2D eigenvalue weighted by atomic mass is 9.81. The molecule has 0 unspecified atom stereocenters. The van der Waals surface area contributed by atoms with Gasteiger partial charge in [0.25, 0.3) is 0 Å². The Kier molecular flexibility index (Phi) is 3.83. The molecule has 3 aliphatic rings. The van der Waals surface area contributed by atoms with E-state index in [0.717, 1.165) is 23.1 Å². The van der Waals surface area contributed by atoms with Gasteiger partial charge in [0, 0.05) is 11.1 Å². The van der Waals surface area contributed by atoms with E-state index in [4.69, 9.17) is 0 Å². The fraction of sp³-hybridized carbons (Fsp3) is 0.259. The average Bonchev–Trinajstić information content (AvgIpc) is 2.79. The second-order valence-corrected chi connectivity index (χ2v) is 9.33. The minimum atomic E-state index is -0.351. The normalized spacial score (nSPS) is 30.7. The largest absolute Gasteiger partial charge is 0.305 e. The summed E-state index contributed by atoms with van der Waals surface area (Å²) in [7, 11) is 2.34. The van der Waals surface area contributed by atoms with Crippen LogP contribution in [0.4, 0.5) is 4.48 Å². The lowest BCUT2D eigenvalue weighted by Crippen LogP contribution is -2.72. The average molecular weight is 399 g/mol. The first-order valence-electron chi connectivity index (χ1n) is 11.0. The highest BCUT2D eigenvalue weighted by atomic mass is 19.2. The molecule has 7 rings (SSSR count). The highest BCUT2D eigenvalue weighted by Crippen LogP contribution is 2.54. The number of fused-ring (bicyclic) bond motifs is 5. The molecule has 2 bridgehead atoms. The third kappa shape index (κ3) is 2.49. The number of hydrogen-bond acceptors (Lipinski definition) is 0. The maximum atomic E-state index is 16.7. The van der Waals surface area contributed by atoms with Crippen molar-refractivity contribution in [1.29, 1.82) is 0 Å². The third-order valence-electron chi connectivity index (χ3n) is 7.72. The molecule has 3 heterocycles. The molecular weight excluding hydrogens is 371 g/mol. The van der Waals surface area contributed by atoms with Crippen LogP contribution in [0.5, 0.6) is 0 Å². The molecule has 0 aliphatic carbocycles. The summed E-state index contributed by atoms with van der Waals surface area (Å²) < 4.78 is 17.2. The third-order valence-corrected chi connectivity index (χ3v) is 7.72. The van der Waals surface area contributed by atoms with Crippen LogP contribution in [0, 0.1) is 0 Å². The fourth-order valence-corrected chi connectivity index (χ4v) is 6.11. The van der Waals surface area contributed by atoms with E-state index < -0.39 is 0 Å². The van der Waals surface area contributed by atoms with Crippen molar-refractivity contribution in [2.75, 3.05) is 33.2 Å². The summed E-state index contributed by atoms with van der Waals surface area (Å²) in [6.45, 7) is 2.94. The molecule has 0 aromatic heterocycles. The predicted octanol–water partition coefficient (Wildman–Crippen LogP) is 5.95. The molecule has 3 heteroatoms. The lowest BCUT2D eigenvalue weighted by molar-refractivity contribution is -1.18. The Balaban J connectivity index is 1.65. The molecule has 0 radical (unpaired) electrons. The molecule has 3 fully saturated rings. The van der Waals surface area contributed by atoms with Crippen LogP contribution >= 0.6 is 0 Å². The van der Waals surface area contributed by atoms with Gasteiger partial charge in [-0.3, -0.25) is 0 Å². The van der Waals surface area contributed by atoms with Gasteiger partial charge in [-0.15, -0.1) is 4.71 Å². The second kappa shape index (κ2) is 6.37. The number of halogens is 1. The molecule has 0 saturated carbocycles. The number of nitrogens with zero attached hydrogens (tertiary/aromatic N) is 2. The van der Waals surface area contributed by atoms with E-state index in [2.05, 4.69) is 92.0 Å². The van der Waals surface area contributed by atoms with Crippen LogP contribution in [-0.2, 0) is 0 Å². The van der Waals surface area contributed by atoms with Crippen molar-refractivity contribution in [3.8, 4) is 0 Å². The maximum Gasteiger partial charge on any atom is 0.207 e. The number of hydrogen-bond donors (Lipinski definition) is 0. The Morgan fingerprint density at radius 3 is 1.63 bits per heavy atom. The molecule has 3 aliphatic heterocycles. The van der Waals surface area contributed by atoms with Gasteiger partial charge in [0.15, 0.2) is 19.1 Å². The first kappa shape index (κ1) is 18.1. The predicted molar refractivity (Wildman–Crippen MR) is 120 cm³/mol. The van der Waals surface area contributed by atoms with Gasteiger partial charge in [0.05, 0.1) is 7.05 Å². The second-order valence-electron chi connectivity index (χ2n) is 9.33. The van der Waals surface area contributed by atoms with E-state index in [9.17, 15) is 0 Å². The maximum absolute atomic E-state index is 16.7. The zero-order chi connectivity index (χ0) is 20.3. The van der Waals surface area contributed by atoms with Crippen molar-refractivity contribution in [1.82, 2.24) is 0 Å².